The van der Waals surface area contributed by atoms with Crippen LogP contribution >= 0.6 is 23.2 Å². The Kier molecular flexibility index (Phi) is 5.46. The minimum Gasteiger partial charge on any atom is -0.335 e. The Balaban J connectivity index is 3.03. The molecule has 0 saturated carbocycles. The lowest BCUT2D eigenvalue weighted by Gasteiger charge is -2.26. The summed E-state index contributed by atoms with van der Waals surface area (Å²) >= 11 is 11.9. The van der Waals surface area contributed by atoms with E-state index >= 15 is 0 Å². The van der Waals surface area contributed by atoms with E-state index in [1.165, 1.54) is 0 Å². The second kappa shape index (κ2) is 6.63. The molecule has 1 rings (SSSR count). The Morgan fingerprint density at radius 3 is 2.67 bits per heavy atom. The van der Waals surface area contributed by atoms with Gasteiger partial charge in [-0.15, -0.1) is 0 Å². The van der Waals surface area contributed by atoms with Gasteiger partial charge in [0.1, 0.15) is 0 Å². The molecule has 0 aliphatic carbocycles. The monoisotopic (exact) mass is 284 g/mol. The van der Waals surface area contributed by atoms with Gasteiger partial charge in [0.2, 0.25) is 0 Å². The van der Waals surface area contributed by atoms with Crippen molar-refractivity contribution in [3.63, 3.8) is 0 Å². The molecule has 5 heteroatoms. The molecule has 0 unspecified atom stereocenters. The zero-order chi connectivity index (χ0) is 13.7. The van der Waals surface area contributed by atoms with Crippen LogP contribution in [0.2, 0.25) is 10.0 Å². The molecular weight excluding hydrogens is 271 g/mol. The first-order valence-corrected chi connectivity index (χ1v) is 6.36. The van der Waals surface area contributed by atoms with Gasteiger partial charge in [0.05, 0.1) is 28.1 Å². The van der Waals surface area contributed by atoms with Crippen molar-refractivity contribution in [2.45, 2.75) is 26.3 Å². The normalized spacial score (nSPS) is 10.2. The highest BCUT2D eigenvalue weighted by molar-refractivity contribution is 6.43. The SMILES string of the molecule is CC(C)N(CCC#N)C(=O)c1cccc(Cl)c1Cl. The number of amides is 1. The fourth-order valence-corrected chi connectivity index (χ4v) is 1.97. The van der Waals surface area contributed by atoms with E-state index in [0.29, 0.717) is 23.6 Å². The number of hydrogen-bond donors (Lipinski definition) is 0. The molecule has 96 valence electrons. The summed E-state index contributed by atoms with van der Waals surface area (Å²) < 4.78 is 0. The molecule has 0 atom stereocenters. The summed E-state index contributed by atoms with van der Waals surface area (Å²) in [7, 11) is 0. The molecule has 0 fully saturated rings. The molecule has 3 nitrogen and oxygen atoms in total. The van der Waals surface area contributed by atoms with Crippen LogP contribution in [0.25, 0.3) is 0 Å². The molecule has 0 radical (unpaired) electrons. The molecule has 0 aliphatic rings. The van der Waals surface area contributed by atoms with Gasteiger partial charge in [-0.2, -0.15) is 5.26 Å². The molecule has 0 spiro atoms. The van der Waals surface area contributed by atoms with E-state index in [0.717, 1.165) is 0 Å². The predicted molar refractivity (Wildman–Crippen MR) is 72.9 cm³/mol. The van der Waals surface area contributed by atoms with Crippen molar-refractivity contribution in [1.29, 1.82) is 5.26 Å². The van der Waals surface area contributed by atoms with Crippen LogP contribution in [-0.4, -0.2) is 23.4 Å². The van der Waals surface area contributed by atoms with Crippen molar-refractivity contribution in [2.75, 3.05) is 6.54 Å². The van der Waals surface area contributed by atoms with Gasteiger partial charge < -0.3 is 4.90 Å². The quantitative estimate of drug-likeness (QED) is 0.845. The highest BCUT2D eigenvalue weighted by atomic mass is 35.5. The maximum Gasteiger partial charge on any atom is 0.255 e. The van der Waals surface area contributed by atoms with Gasteiger partial charge in [-0.05, 0) is 26.0 Å². The lowest BCUT2D eigenvalue weighted by molar-refractivity contribution is 0.0710. The van der Waals surface area contributed by atoms with Crippen molar-refractivity contribution < 1.29 is 4.79 Å². The number of carbonyl (C=O) groups excluding carboxylic acids is 1. The number of rotatable bonds is 4. The van der Waals surface area contributed by atoms with E-state index < -0.39 is 0 Å². The second-order valence-electron chi connectivity index (χ2n) is 4.10. The van der Waals surface area contributed by atoms with Gasteiger partial charge in [0.15, 0.2) is 0 Å². The molecule has 0 bridgehead atoms. The van der Waals surface area contributed by atoms with Gasteiger partial charge in [0.25, 0.3) is 5.91 Å². The third-order valence-electron chi connectivity index (χ3n) is 2.53. The molecule has 0 aliphatic heterocycles. The van der Waals surface area contributed by atoms with Crippen LogP contribution < -0.4 is 0 Å². The maximum atomic E-state index is 12.3. The Bertz CT molecular complexity index is 480. The van der Waals surface area contributed by atoms with E-state index in [9.17, 15) is 4.79 Å². The summed E-state index contributed by atoms with van der Waals surface area (Å²) in [5, 5.41) is 9.22. The molecule has 0 heterocycles. The lowest BCUT2D eigenvalue weighted by Crippen LogP contribution is -2.37. The van der Waals surface area contributed by atoms with E-state index in [1.54, 1.807) is 23.1 Å². The number of benzene rings is 1. The summed E-state index contributed by atoms with van der Waals surface area (Å²) in [6.45, 7) is 4.18. The van der Waals surface area contributed by atoms with Crippen molar-refractivity contribution in [2.24, 2.45) is 0 Å². The van der Waals surface area contributed by atoms with Gasteiger partial charge in [-0.1, -0.05) is 29.3 Å². The number of carbonyl (C=O) groups is 1. The Labute approximate surface area is 117 Å². The zero-order valence-electron chi connectivity index (χ0n) is 10.3. The van der Waals surface area contributed by atoms with Gasteiger partial charge in [-0.25, -0.2) is 0 Å². The summed E-state index contributed by atoms with van der Waals surface area (Å²) in [6, 6.07) is 6.99. The predicted octanol–water partition coefficient (Wildman–Crippen LogP) is 3.76. The van der Waals surface area contributed by atoms with E-state index in [4.69, 9.17) is 28.5 Å². The van der Waals surface area contributed by atoms with E-state index in [1.807, 2.05) is 19.9 Å². The fraction of sp³-hybridized carbons (Fsp3) is 0.385. The number of nitriles is 1. The first-order chi connectivity index (χ1) is 8.49. The van der Waals surface area contributed by atoms with Gasteiger partial charge in [0, 0.05) is 12.6 Å². The molecule has 1 aromatic rings. The summed E-state index contributed by atoms with van der Waals surface area (Å²) in [6.07, 6.45) is 0.294. The molecule has 18 heavy (non-hydrogen) atoms. The van der Waals surface area contributed by atoms with Crippen LogP contribution in [0.3, 0.4) is 0 Å². The minimum absolute atomic E-state index is 0.000832. The molecular formula is C13H14Cl2N2O. The molecule has 1 aromatic carbocycles. The number of nitrogens with zero attached hydrogens (tertiary/aromatic N) is 2. The summed E-state index contributed by atoms with van der Waals surface area (Å²) in [5.41, 5.74) is 0.371. The molecule has 0 N–H and O–H groups in total. The van der Waals surface area contributed by atoms with E-state index in [-0.39, 0.29) is 17.0 Å². The zero-order valence-corrected chi connectivity index (χ0v) is 11.8. The molecule has 0 saturated heterocycles. The first kappa shape index (κ1) is 14.8. The van der Waals surface area contributed by atoms with Crippen LogP contribution in [0.5, 0.6) is 0 Å². The topological polar surface area (TPSA) is 44.1 Å². The minimum atomic E-state index is -0.201. The highest BCUT2D eigenvalue weighted by Crippen LogP contribution is 2.27. The maximum absolute atomic E-state index is 12.3. The summed E-state index contributed by atoms with van der Waals surface area (Å²) in [4.78, 5) is 14.0. The molecule has 1 amide bonds. The first-order valence-electron chi connectivity index (χ1n) is 5.61. The van der Waals surface area contributed by atoms with Crippen LogP contribution in [-0.2, 0) is 0 Å². The largest absolute Gasteiger partial charge is 0.335 e. The Morgan fingerprint density at radius 2 is 2.11 bits per heavy atom. The fourth-order valence-electron chi connectivity index (χ4n) is 1.59. The Morgan fingerprint density at radius 1 is 1.44 bits per heavy atom. The lowest BCUT2D eigenvalue weighted by atomic mass is 10.1. The van der Waals surface area contributed by atoms with Crippen molar-refractivity contribution in [3.05, 3.63) is 33.8 Å². The number of hydrogen-bond acceptors (Lipinski definition) is 2. The van der Waals surface area contributed by atoms with Crippen LogP contribution in [0.1, 0.15) is 30.6 Å². The highest BCUT2D eigenvalue weighted by Gasteiger charge is 2.21. The van der Waals surface area contributed by atoms with Crippen LogP contribution in [0, 0.1) is 11.3 Å². The third kappa shape index (κ3) is 3.38. The van der Waals surface area contributed by atoms with Gasteiger partial charge in [-0.3, -0.25) is 4.79 Å². The van der Waals surface area contributed by atoms with E-state index in [2.05, 4.69) is 0 Å². The Hall–Kier alpha value is -1.24. The standard InChI is InChI=1S/C13H14Cl2N2O/c1-9(2)17(8-4-7-16)13(18)10-5-3-6-11(14)12(10)15/h3,5-6,9H,4,8H2,1-2H3. The van der Waals surface area contributed by atoms with Crippen molar-refractivity contribution in [1.82, 2.24) is 4.90 Å². The number of halogens is 2. The second-order valence-corrected chi connectivity index (χ2v) is 4.89. The van der Waals surface area contributed by atoms with Crippen molar-refractivity contribution >= 4 is 29.1 Å². The summed E-state index contributed by atoms with van der Waals surface area (Å²) in [5.74, 6) is -0.201. The van der Waals surface area contributed by atoms with Crippen LogP contribution in [0.4, 0.5) is 0 Å². The average Bonchev–Trinajstić information content (AvgIpc) is 2.32. The average molecular weight is 285 g/mol. The van der Waals surface area contributed by atoms with Crippen LogP contribution in [0.15, 0.2) is 18.2 Å². The van der Waals surface area contributed by atoms with Gasteiger partial charge >= 0.3 is 0 Å². The van der Waals surface area contributed by atoms with Crippen molar-refractivity contribution in [3.8, 4) is 6.07 Å². The third-order valence-corrected chi connectivity index (χ3v) is 3.35. The molecule has 0 aromatic heterocycles. The smallest absolute Gasteiger partial charge is 0.255 e.